The highest BCUT2D eigenvalue weighted by Crippen LogP contribution is 2.17. The Morgan fingerprint density at radius 3 is 1.03 bits per heavy atom. The molecular weight excluding hydrogens is 851 g/mol. The van der Waals surface area contributed by atoms with Crippen molar-refractivity contribution in [3.8, 4) is 0 Å². The minimum Gasteiger partial charge on any atom is -0.466 e. The Morgan fingerprint density at radius 1 is 0.391 bits per heavy atom. The van der Waals surface area contributed by atoms with Gasteiger partial charge in [-0.15, -0.1) is 0 Å². The molecule has 0 heterocycles. The zero-order valence-corrected chi connectivity index (χ0v) is 46.6. The van der Waals surface area contributed by atoms with Gasteiger partial charge in [-0.3, -0.25) is 9.59 Å². The maximum absolute atomic E-state index is 12.5. The number of carbonyl (C=O) groups is 2. The number of unbranched alkanes of at least 4 members (excludes halogenated alkanes) is 45. The molecule has 6 heteroatoms. The highest BCUT2D eigenvalue weighted by atomic mass is 16.5. The summed E-state index contributed by atoms with van der Waals surface area (Å²) in [5.74, 6) is -0.0907. The van der Waals surface area contributed by atoms with Crippen molar-refractivity contribution < 1.29 is 24.5 Å². The molecule has 0 aromatic rings. The molecule has 2 atom stereocenters. The Balaban J connectivity index is 3.47. The van der Waals surface area contributed by atoms with Crippen LogP contribution in [0.15, 0.2) is 24.3 Å². The third-order valence-corrected chi connectivity index (χ3v) is 14.5. The standard InChI is InChI=1S/C63H121NO5/c1-3-5-7-9-11-13-15-17-19-21-23-24-26-27-29-31-35-39-43-47-51-55-61(66)60(59-65)64-62(67)56-52-48-44-40-36-33-34-38-42-46-50-54-58-69-63(68)57-53-49-45-41-37-32-30-28-25-22-20-18-16-14-12-10-8-6-4-2/h18,20,51,55,60-61,65-66H,3-17,19,21-50,52-54,56-59H2,1-2H3,(H,64,67)/b20-18-,55-51+. The monoisotopic (exact) mass is 972 g/mol. The summed E-state index contributed by atoms with van der Waals surface area (Å²) in [6, 6.07) is -0.640. The minimum absolute atomic E-state index is 0.0104. The van der Waals surface area contributed by atoms with Gasteiger partial charge in [0.1, 0.15) is 0 Å². The van der Waals surface area contributed by atoms with Crippen LogP contribution in [0.1, 0.15) is 341 Å². The van der Waals surface area contributed by atoms with Crippen LogP contribution in [0.3, 0.4) is 0 Å². The van der Waals surface area contributed by atoms with E-state index in [0.29, 0.717) is 19.4 Å². The van der Waals surface area contributed by atoms with E-state index >= 15 is 0 Å². The van der Waals surface area contributed by atoms with E-state index in [1.54, 1.807) is 6.08 Å². The largest absolute Gasteiger partial charge is 0.466 e. The van der Waals surface area contributed by atoms with Crippen LogP contribution in [0.25, 0.3) is 0 Å². The van der Waals surface area contributed by atoms with Crippen molar-refractivity contribution in [2.45, 2.75) is 353 Å². The number of allylic oxidation sites excluding steroid dienone is 3. The summed E-state index contributed by atoms with van der Waals surface area (Å²) in [5.41, 5.74) is 0. The van der Waals surface area contributed by atoms with Crippen LogP contribution in [-0.4, -0.2) is 47.4 Å². The molecule has 0 aliphatic carbocycles. The molecule has 3 N–H and O–H groups in total. The molecule has 0 fully saturated rings. The van der Waals surface area contributed by atoms with Crippen molar-refractivity contribution >= 4 is 11.9 Å². The van der Waals surface area contributed by atoms with E-state index in [0.717, 1.165) is 57.8 Å². The Kier molecular flexibility index (Phi) is 57.5. The molecule has 69 heavy (non-hydrogen) atoms. The molecule has 0 aliphatic rings. The molecule has 0 aromatic heterocycles. The molecule has 2 unspecified atom stereocenters. The van der Waals surface area contributed by atoms with Gasteiger partial charge in [0.15, 0.2) is 0 Å². The van der Waals surface area contributed by atoms with E-state index < -0.39 is 12.1 Å². The molecule has 0 aliphatic heterocycles. The highest BCUT2D eigenvalue weighted by molar-refractivity contribution is 5.76. The molecule has 1 amide bonds. The molecule has 6 nitrogen and oxygen atoms in total. The number of hydrogen-bond donors (Lipinski definition) is 3. The third-order valence-electron chi connectivity index (χ3n) is 14.5. The lowest BCUT2D eigenvalue weighted by Gasteiger charge is -2.20. The van der Waals surface area contributed by atoms with Gasteiger partial charge in [0, 0.05) is 12.8 Å². The summed E-state index contributed by atoms with van der Waals surface area (Å²) in [6.45, 7) is 4.89. The molecule has 0 spiro atoms. The van der Waals surface area contributed by atoms with E-state index in [1.165, 1.54) is 257 Å². The third kappa shape index (κ3) is 55.5. The average Bonchev–Trinajstić information content (AvgIpc) is 3.35. The first kappa shape index (κ1) is 67.3. The molecule has 0 rings (SSSR count). The Morgan fingerprint density at radius 2 is 0.681 bits per heavy atom. The molecule has 408 valence electrons. The minimum atomic E-state index is -0.856. The van der Waals surface area contributed by atoms with Crippen molar-refractivity contribution in [1.82, 2.24) is 5.32 Å². The van der Waals surface area contributed by atoms with Crippen LogP contribution < -0.4 is 5.32 Å². The van der Waals surface area contributed by atoms with Gasteiger partial charge in [-0.1, -0.05) is 295 Å². The van der Waals surface area contributed by atoms with Gasteiger partial charge >= 0.3 is 5.97 Å². The first-order chi connectivity index (χ1) is 34.0. The summed E-state index contributed by atoms with van der Waals surface area (Å²) in [6.07, 6.45) is 72.1. The maximum Gasteiger partial charge on any atom is 0.305 e. The first-order valence-corrected chi connectivity index (χ1v) is 31.1. The molecule has 0 radical (unpaired) electrons. The van der Waals surface area contributed by atoms with Crippen LogP contribution >= 0.6 is 0 Å². The number of ether oxygens (including phenoxy) is 1. The van der Waals surface area contributed by atoms with Gasteiger partial charge in [-0.2, -0.15) is 0 Å². The molecule has 0 saturated heterocycles. The maximum atomic E-state index is 12.5. The van der Waals surface area contributed by atoms with Crippen molar-refractivity contribution in [1.29, 1.82) is 0 Å². The lowest BCUT2D eigenvalue weighted by molar-refractivity contribution is -0.143. The van der Waals surface area contributed by atoms with Gasteiger partial charge < -0.3 is 20.3 Å². The average molecular weight is 973 g/mol. The molecular formula is C63H121NO5. The normalized spacial score (nSPS) is 12.7. The van der Waals surface area contributed by atoms with E-state index in [2.05, 4.69) is 31.3 Å². The number of nitrogens with one attached hydrogen (secondary N) is 1. The van der Waals surface area contributed by atoms with E-state index in [4.69, 9.17) is 4.74 Å². The predicted molar refractivity (Wildman–Crippen MR) is 301 cm³/mol. The second-order valence-corrected chi connectivity index (χ2v) is 21.4. The lowest BCUT2D eigenvalue weighted by atomic mass is 10.0. The second kappa shape index (κ2) is 58.9. The van der Waals surface area contributed by atoms with Crippen molar-refractivity contribution in [3.63, 3.8) is 0 Å². The van der Waals surface area contributed by atoms with Crippen molar-refractivity contribution in [2.75, 3.05) is 13.2 Å². The zero-order chi connectivity index (χ0) is 50.0. The number of hydrogen-bond acceptors (Lipinski definition) is 5. The smallest absolute Gasteiger partial charge is 0.305 e. The fourth-order valence-electron chi connectivity index (χ4n) is 9.69. The van der Waals surface area contributed by atoms with Gasteiger partial charge in [0.2, 0.25) is 5.91 Å². The first-order valence-electron chi connectivity index (χ1n) is 31.1. The zero-order valence-electron chi connectivity index (χ0n) is 46.6. The lowest BCUT2D eigenvalue weighted by Crippen LogP contribution is -2.45. The predicted octanol–water partition coefficient (Wildman–Crippen LogP) is 19.4. The van der Waals surface area contributed by atoms with Crippen LogP contribution in [0.4, 0.5) is 0 Å². The van der Waals surface area contributed by atoms with E-state index in [9.17, 15) is 19.8 Å². The Hall–Kier alpha value is -1.66. The summed E-state index contributed by atoms with van der Waals surface area (Å²) in [5, 5.41) is 23.2. The van der Waals surface area contributed by atoms with Gasteiger partial charge in [-0.25, -0.2) is 0 Å². The molecule has 0 aromatic carbocycles. The molecule has 0 bridgehead atoms. The number of esters is 1. The van der Waals surface area contributed by atoms with Gasteiger partial charge in [0.05, 0.1) is 25.4 Å². The summed E-state index contributed by atoms with van der Waals surface area (Å²) >= 11 is 0. The topological polar surface area (TPSA) is 95.9 Å². The van der Waals surface area contributed by atoms with E-state index in [-0.39, 0.29) is 18.5 Å². The Bertz CT molecular complexity index is 1080. The van der Waals surface area contributed by atoms with Crippen molar-refractivity contribution in [2.24, 2.45) is 0 Å². The summed E-state index contributed by atoms with van der Waals surface area (Å²) < 4.78 is 5.49. The van der Waals surface area contributed by atoms with E-state index in [1.807, 2.05) is 6.08 Å². The number of carbonyl (C=O) groups excluding carboxylic acids is 2. The highest BCUT2D eigenvalue weighted by Gasteiger charge is 2.18. The SMILES string of the molecule is CCCCCCCC/C=C\CCCCCCCCCCCC(=O)OCCCCCCCCCCCCCCC(=O)NC(CO)C(O)/C=C/CCCCCCCCCCCCCCCCCCCCC. The number of aliphatic hydroxyl groups excluding tert-OH is 2. The Labute approximate surface area is 431 Å². The van der Waals surface area contributed by atoms with Crippen LogP contribution in [0, 0.1) is 0 Å². The second-order valence-electron chi connectivity index (χ2n) is 21.4. The van der Waals surface area contributed by atoms with Crippen molar-refractivity contribution in [3.05, 3.63) is 24.3 Å². The van der Waals surface area contributed by atoms with Gasteiger partial charge in [0.25, 0.3) is 0 Å². The fraction of sp³-hybridized carbons (Fsp3) is 0.905. The quantitative estimate of drug-likeness (QED) is 0.0321. The number of amides is 1. The van der Waals surface area contributed by atoms with Crippen LogP contribution in [0.5, 0.6) is 0 Å². The van der Waals surface area contributed by atoms with Gasteiger partial charge in [-0.05, 0) is 57.8 Å². The summed E-state index contributed by atoms with van der Waals surface area (Å²) in [7, 11) is 0. The number of rotatable bonds is 58. The number of aliphatic hydroxyl groups is 2. The van der Waals surface area contributed by atoms with Crippen LogP contribution in [-0.2, 0) is 14.3 Å². The fourth-order valence-corrected chi connectivity index (χ4v) is 9.69. The summed E-state index contributed by atoms with van der Waals surface area (Å²) in [4.78, 5) is 24.6. The van der Waals surface area contributed by atoms with Crippen LogP contribution in [0.2, 0.25) is 0 Å². The molecule has 0 saturated carbocycles.